The zero-order valence-corrected chi connectivity index (χ0v) is 22.6. The van der Waals surface area contributed by atoms with E-state index in [9.17, 15) is 0 Å². The summed E-state index contributed by atoms with van der Waals surface area (Å²) >= 11 is 0. The van der Waals surface area contributed by atoms with Gasteiger partial charge in [-0.2, -0.15) is 8.80 Å². The number of hydrogen-bond donors (Lipinski definition) is 0. The van der Waals surface area contributed by atoms with Crippen LogP contribution in [0.4, 0.5) is 0 Å². The van der Waals surface area contributed by atoms with Crippen LogP contribution in [0.5, 0.6) is 0 Å². The van der Waals surface area contributed by atoms with E-state index in [4.69, 9.17) is 0 Å². The van der Waals surface area contributed by atoms with Crippen molar-refractivity contribution in [3.63, 3.8) is 0 Å². The van der Waals surface area contributed by atoms with Crippen molar-refractivity contribution < 1.29 is 8.80 Å². The normalized spacial score (nSPS) is 12.8. The lowest BCUT2D eigenvalue weighted by atomic mass is 9.87. The van der Waals surface area contributed by atoms with Gasteiger partial charge in [-0.15, -0.1) is 0 Å². The number of aromatic nitrogens is 2. The minimum absolute atomic E-state index is 1.25. The molecule has 190 valence electrons. The van der Waals surface area contributed by atoms with Crippen LogP contribution in [0.25, 0.3) is 97.7 Å². The summed E-state index contributed by atoms with van der Waals surface area (Å²) in [6, 6.07) is 49.6. The second-order valence-electron chi connectivity index (χ2n) is 11.6. The molecule has 0 fully saturated rings. The second-order valence-corrected chi connectivity index (χ2v) is 11.6. The van der Waals surface area contributed by atoms with Gasteiger partial charge in [-0.25, -0.2) is 0 Å². The van der Waals surface area contributed by atoms with Crippen molar-refractivity contribution in [1.29, 1.82) is 0 Å². The number of nitrogens with zero attached hydrogens (tertiary/aromatic N) is 2. The number of pyridine rings is 6. The minimum Gasteiger partial charge on any atom is -0.152 e. The highest BCUT2D eigenvalue weighted by Crippen LogP contribution is 2.46. The highest BCUT2D eigenvalue weighted by Gasteiger charge is 2.33. The zero-order chi connectivity index (χ0) is 27.1. The van der Waals surface area contributed by atoms with Crippen LogP contribution >= 0.6 is 0 Å². The summed E-state index contributed by atoms with van der Waals surface area (Å²) < 4.78 is 5.11. The molecular weight excluding hydrogens is 508 g/mol. The van der Waals surface area contributed by atoms with E-state index in [-0.39, 0.29) is 0 Å². The summed E-state index contributed by atoms with van der Waals surface area (Å²) in [6.45, 7) is 0. The molecule has 0 N–H and O–H groups in total. The number of rotatable bonds is 0. The molecule has 2 heteroatoms. The van der Waals surface area contributed by atoms with Crippen LogP contribution in [0.15, 0.2) is 133 Å². The topological polar surface area (TPSA) is 8.20 Å². The molecule has 6 aromatic heterocycles. The van der Waals surface area contributed by atoms with Crippen LogP contribution in [0.3, 0.4) is 0 Å². The summed E-state index contributed by atoms with van der Waals surface area (Å²) in [7, 11) is 0. The molecule has 42 heavy (non-hydrogen) atoms. The third kappa shape index (κ3) is 2.26. The van der Waals surface area contributed by atoms with Gasteiger partial charge in [0.15, 0.2) is 0 Å². The molecule has 0 saturated carbocycles. The standard InChI is InChI=1S/C40H22N2/c1-5-15-27-23(11-1)31-19-9-20-32-24-12-2-7-17-29(24)37-38-30-18-8-4-14-26(30)34-22-10-21-33-25-13-3-6-16-28(25)36(40(38)42(33)34)35(27)39(37)41(31)32/h1-22H/q+2. The highest BCUT2D eigenvalue weighted by atomic mass is 14.9. The van der Waals surface area contributed by atoms with Gasteiger partial charge in [0.05, 0.1) is 43.1 Å². The van der Waals surface area contributed by atoms with Gasteiger partial charge < -0.3 is 0 Å². The Balaban J connectivity index is 1.71. The van der Waals surface area contributed by atoms with E-state index in [1.54, 1.807) is 0 Å². The molecule has 2 nitrogen and oxygen atoms in total. The lowest BCUT2D eigenvalue weighted by molar-refractivity contribution is -0.450. The predicted molar refractivity (Wildman–Crippen MR) is 175 cm³/mol. The van der Waals surface area contributed by atoms with Gasteiger partial charge in [0.2, 0.25) is 33.1 Å². The Kier molecular flexibility index (Phi) is 3.62. The van der Waals surface area contributed by atoms with Crippen LogP contribution in [-0.2, 0) is 0 Å². The van der Waals surface area contributed by atoms with Crippen molar-refractivity contribution in [3.8, 4) is 0 Å². The first-order valence-electron chi connectivity index (χ1n) is 14.6. The summed E-state index contributed by atoms with van der Waals surface area (Å²) in [5.74, 6) is 0. The second kappa shape index (κ2) is 7.18. The molecule has 0 saturated heterocycles. The molecule has 0 spiro atoms. The lowest BCUT2D eigenvalue weighted by Gasteiger charge is -2.17. The fourth-order valence-electron chi connectivity index (χ4n) is 8.26. The van der Waals surface area contributed by atoms with E-state index in [0.29, 0.717) is 0 Å². The fraction of sp³-hybridized carbons (Fsp3) is 0. The van der Waals surface area contributed by atoms with Crippen LogP contribution < -0.4 is 8.80 Å². The first-order valence-corrected chi connectivity index (χ1v) is 14.6. The Morgan fingerprint density at radius 1 is 0.238 bits per heavy atom. The molecule has 0 aliphatic heterocycles. The molecule has 6 heterocycles. The highest BCUT2D eigenvalue weighted by molar-refractivity contribution is 6.41. The van der Waals surface area contributed by atoms with Gasteiger partial charge in [-0.1, -0.05) is 72.8 Å². The molecule has 0 unspecified atom stereocenters. The van der Waals surface area contributed by atoms with E-state index in [2.05, 4.69) is 142 Å². The van der Waals surface area contributed by atoms with E-state index in [1.165, 1.54) is 97.7 Å². The minimum atomic E-state index is 1.25. The first-order chi connectivity index (χ1) is 20.9. The van der Waals surface area contributed by atoms with E-state index in [0.717, 1.165) is 0 Å². The lowest BCUT2D eigenvalue weighted by Crippen LogP contribution is -2.29. The van der Waals surface area contributed by atoms with E-state index in [1.807, 2.05) is 0 Å². The Bertz CT molecular complexity index is 2530. The number of benzene rings is 5. The maximum atomic E-state index is 2.55. The molecule has 0 aliphatic rings. The van der Waals surface area contributed by atoms with Gasteiger partial charge in [0.1, 0.15) is 0 Å². The van der Waals surface area contributed by atoms with Crippen molar-refractivity contribution in [2.24, 2.45) is 0 Å². The molecule has 0 atom stereocenters. The van der Waals surface area contributed by atoms with Gasteiger partial charge in [0, 0.05) is 45.8 Å². The van der Waals surface area contributed by atoms with Crippen LogP contribution in [0.2, 0.25) is 0 Å². The molecule has 0 amide bonds. The average molecular weight is 531 g/mol. The molecular formula is C40H22N2+2. The molecule has 11 aromatic rings. The monoisotopic (exact) mass is 530 g/mol. The van der Waals surface area contributed by atoms with Crippen LogP contribution in [0.1, 0.15) is 0 Å². The fourth-order valence-corrected chi connectivity index (χ4v) is 8.26. The maximum absolute atomic E-state index is 2.55. The van der Waals surface area contributed by atoms with Gasteiger partial charge >= 0.3 is 0 Å². The third-order valence-corrected chi connectivity index (χ3v) is 9.76. The molecule has 11 rings (SSSR count). The predicted octanol–water partition coefficient (Wildman–Crippen LogP) is 9.27. The summed E-state index contributed by atoms with van der Waals surface area (Å²) in [5.41, 5.74) is 7.61. The smallest absolute Gasteiger partial charge is 0.152 e. The molecule has 0 aliphatic carbocycles. The molecule has 5 aromatic carbocycles. The summed E-state index contributed by atoms with van der Waals surface area (Å²) in [5, 5.41) is 15.7. The third-order valence-electron chi connectivity index (χ3n) is 9.76. The van der Waals surface area contributed by atoms with Crippen molar-refractivity contribution in [2.75, 3.05) is 0 Å². The summed E-state index contributed by atoms with van der Waals surface area (Å²) in [6.07, 6.45) is 0. The first kappa shape index (κ1) is 21.2. The van der Waals surface area contributed by atoms with Crippen LogP contribution in [0, 0.1) is 0 Å². The van der Waals surface area contributed by atoms with Gasteiger partial charge in [-0.05, 0) is 36.4 Å². The summed E-state index contributed by atoms with van der Waals surface area (Å²) in [4.78, 5) is 0. The Hall–Kier alpha value is -5.60. The maximum Gasteiger partial charge on any atom is 0.229 e. The Morgan fingerprint density at radius 2 is 0.476 bits per heavy atom. The van der Waals surface area contributed by atoms with Crippen molar-refractivity contribution >= 4 is 97.7 Å². The average Bonchev–Trinajstić information content (AvgIpc) is 3.07. The molecule has 0 radical (unpaired) electrons. The Morgan fingerprint density at radius 3 is 0.738 bits per heavy atom. The number of hydrogen-bond acceptors (Lipinski definition) is 0. The number of fused-ring (bicyclic) bond motifs is 14. The Labute approximate surface area is 239 Å². The van der Waals surface area contributed by atoms with Gasteiger partial charge in [0.25, 0.3) is 0 Å². The van der Waals surface area contributed by atoms with Gasteiger partial charge in [-0.3, -0.25) is 0 Å². The van der Waals surface area contributed by atoms with Crippen molar-refractivity contribution in [3.05, 3.63) is 133 Å². The van der Waals surface area contributed by atoms with Crippen molar-refractivity contribution in [2.45, 2.75) is 0 Å². The molecule has 0 bridgehead atoms. The quantitative estimate of drug-likeness (QED) is 0.105. The van der Waals surface area contributed by atoms with Crippen LogP contribution in [-0.4, -0.2) is 0 Å². The van der Waals surface area contributed by atoms with E-state index < -0.39 is 0 Å². The SMILES string of the molecule is c1ccc2c(c1)c1c3c4ccccc4c4cccc5c6ccccc6c(c6c7ccccc7c7cccc2[n+]7c16)c3[n+]45. The van der Waals surface area contributed by atoms with Crippen molar-refractivity contribution in [1.82, 2.24) is 0 Å². The largest absolute Gasteiger partial charge is 0.229 e. The van der Waals surface area contributed by atoms with E-state index >= 15 is 0 Å². The zero-order valence-electron chi connectivity index (χ0n) is 22.6.